The smallest absolute Gasteiger partial charge is 0.272 e. The van der Waals surface area contributed by atoms with Gasteiger partial charge in [-0.15, -0.1) is 11.3 Å². The van der Waals surface area contributed by atoms with Crippen molar-refractivity contribution in [3.63, 3.8) is 0 Å². The van der Waals surface area contributed by atoms with E-state index in [1.54, 1.807) is 28.6 Å². The molecule has 2 heterocycles. The molecular formula is C19H20FN3O2S2. The van der Waals surface area contributed by atoms with Crippen molar-refractivity contribution in [2.24, 2.45) is 0 Å². The molecule has 1 unspecified atom stereocenters. The average molecular weight is 406 g/mol. The Labute approximate surface area is 164 Å². The molecular weight excluding hydrogens is 385 g/mol. The number of thiophene rings is 1. The van der Waals surface area contributed by atoms with Crippen molar-refractivity contribution in [2.75, 3.05) is 12.8 Å². The lowest BCUT2D eigenvalue weighted by atomic mass is 10.1. The third kappa shape index (κ3) is 4.06. The summed E-state index contributed by atoms with van der Waals surface area (Å²) in [5, 5.41) is 2.39. The highest BCUT2D eigenvalue weighted by Gasteiger charge is 2.19. The minimum atomic E-state index is -0.303. The van der Waals surface area contributed by atoms with E-state index < -0.39 is 0 Å². The highest BCUT2D eigenvalue weighted by atomic mass is 32.2. The van der Waals surface area contributed by atoms with E-state index in [-0.39, 0.29) is 29.1 Å². The maximum absolute atomic E-state index is 13.1. The van der Waals surface area contributed by atoms with Crippen LogP contribution in [0.4, 0.5) is 4.39 Å². The zero-order chi connectivity index (χ0) is 19.6. The van der Waals surface area contributed by atoms with Gasteiger partial charge in [0, 0.05) is 13.6 Å². The Kier molecular flexibility index (Phi) is 5.96. The Morgan fingerprint density at radius 3 is 2.70 bits per heavy atom. The van der Waals surface area contributed by atoms with Gasteiger partial charge in [-0.3, -0.25) is 14.2 Å². The molecule has 0 aliphatic heterocycles. The summed E-state index contributed by atoms with van der Waals surface area (Å²) in [7, 11) is 1.72. The molecule has 0 N–H and O–H groups in total. The Morgan fingerprint density at radius 2 is 2.04 bits per heavy atom. The SMILES string of the molecule is CCn1c(SCC(=O)N(C)C(C)c2ccc(F)cc2)nc2ccsc2c1=O. The second-order valence-corrected chi connectivity index (χ2v) is 7.96. The van der Waals surface area contributed by atoms with Gasteiger partial charge < -0.3 is 4.90 Å². The molecule has 8 heteroatoms. The first-order valence-corrected chi connectivity index (χ1v) is 10.4. The van der Waals surface area contributed by atoms with Crippen molar-refractivity contribution in [3.8, 4) is 0 Å². The molecule has 0 fully saturated rings. The summed E-state index contributed by atoms with van der Waals surface area (Å²) in [6, 6.07) is 7.77. The minimum Gasteiger partial charge on any atom is -0.338 e. The van der Waals surface area contributed by atoms with Crippen molar-refractivity contribution < 1.29 is 9.18 Å². The molecule has 27 heavy (non-hydrogen) atoms. The zero-order valence-electron chi connectivity index (χ0n) is 15.3. The van der Waals surface area contributed by atoms with Crippen LogP contribution in [-0.4, -0.2) is 33.2 Å². The third-order valence-corrected chi connectivity index (χ3v) is 6.35. The van der Waals surface area contributed by atoms with Crippen molar-refractivity contribution in [3.05, 3.63) is 57.4 Å². The molecule has 142 valence electrons. The second-order valence-electron chi connectivity index (χ2n) is 6.10. The predicted molar refractivity (Wildman–Crippen MR) is 108 cm³/mol. The van der Waals surface area contributed by atoms with Crippen LogP contribution in [0.3, 0.4) is 0 Å². The summed E-state index contributed by atoms with van der Waals surface area (Å²) in [5.41, 5.74) is 1.46. The first kappa shape index (κ1) is 19.6. The third-order valence-electron chi connectivity index (χ3n) is 4.50. The molecule has 0 spiro atoms. The van der Waals surface area contributed by atoms with Gasteiger partial charge in [-0.05, 0) is 43.0 Å². The summed E-state index contributed by atoms with van der Waals surface area (Å²) in [4.78, 5) is 31.3. The van der Waals surface area contributed by atoms with Crippen LogP contribution < -0.4 is 5.56 Å². The lowest BCUT2D eigenvalue weighted by Crippen LogP contribution is -2.31. The van der Waals surface area contributed by atoms with Crippen molar-refractivity contribution in [1.82, 2.24) is 14.5 Å². The van der Waals surface area contributed by atoms with E-state index in [2.05, 4.69) is 4.98 Å². The number of rotatable bonds is 6. The fraction of sp³-hybridized carbons (Fsp3) is 0.316. The van der Waals surface area contributed by atoms with Gasteiger partial charge in [-0.1, -0.05) is 23.9 Å². The molecule has 0 aliphatic carbocycles. The normalized spacial score (nSPS) is 12.3. The summed E-state index contributed by atoms with van der Waals surface area (Å²) in [5.74, 6) is -0.216. The fourth-order valence-corrected chi connectivity index (χ4v) is 4.49. The molecule has 1 aromatic carbocycles. The summed E-state index contributed by atoms with van der Waals surface area (Å²) in [6.45, 7) is 4.28. The van der Waals surface area contributed by atoms with Crippen molar-refractivity contribution in [2.45, 2.75) is 31.6 Å². The number of hydrogen-bond donors (Lipinski definition) is 0. The van der Waals surface area contributed by atoms with Crippen LogP contribution in [0, 0.1) is 5.82 Å². The lowest BCUT2D eigenvalue weighted by molar-refractivity contribution is -0.128. The van der Waals surface area contributed by atoms with Crippen LogP contribution in [-0.2, 0) is 11.3 Å². The van der Waals surface area contributed by atoms with Crippen LogP contribution in [0.15, 0.2) is 45.7 Å². The number of fused-ring (bicyclic) bond motifs is 1. The van der Waals surface area contributed by atoms with Gasteiger partial charge in [0.15, 0.2) is 5.16 Å². The molecule has 1 atom stereocenters. The number of halogens is 1. The number of carbonyl (C=O) groups excluding carboxylic acids is 1. The standard InChI is InChI=1S/C19H20FN3O2S2/c1-4-23-18(25)17-15(9-10-26-17)21-19(23)27-11-16(24)22(3)12(2)13-5-7-14(20)8-6-13/h5-10,12H,4,11H2,1-3H3. The monoisotopic (exact) mass is 405 g/mol. The van der Waals surface area contributed by atoms with Gasteiger partial charge in [0.2, 0.25) is 5.91 Å². The predicted octanol–water partition coefficient (Wildman–Crippen LogP) is 3.93. The second kappa shape index (κ2) is 8.22. The fourth-order valence-electron chi connectivity index (χ4n) is 2.72. The Hall–Kier alpha value is -2.19. The quantitative estimate of drug-likeness (QED) is 0.461. The van der Waals surface area contributed by atoms with Crippen LogP contribution in [0.5, 0.6) is 0 Å². The van der Waals surface area contributed by atoms with Gasteiger partial charge in [0.1, 0.15) is 10.5 Å². The summed E-state index contributed by atoms with van der Waals surface area (Å²) in [6.07, 6.45) is 0. The largest absolute Gasteiger partial charge is 0.338 e. The van der Waals surface area contributed by atoms with Crippen molar-refractivity contribution in [1.29, 1.82) is 0 Å². The molecule has 3 aromatic rings. The van der Waals surface area contributed by atoms with Gasteiger partial charge in [0.05, 0.1) is 17.3 Å². The van der Waals surface area contributed by atoms with E-state index in [1.807, 2.05) is 25.3 Å². The first-order valence-electron chi connectivity index (χ1n) is 8.54. The molecule has 3 rings (SSSR count). The number of hydrogen-bond acceptors (Lipinski definition) is 5. The van der Waals surface area contributed by atoms with Gasteiger partial charge in [-0.2, -0.15) is 0 Å². The maximum Gasteiger partial charge on any atom is 0.272 e. The van der Waals surface area contributed by atoms with Crippen molar-refractivity contribution >= 4 is 39.2 Å². The Balaban J connectivity index is 1.74. The number of benzene rings is 1. The van der Waals surface area contributed by atoms with Crippen LogP contribution in [0.1, 0.15) is 25.5 Å². The van der Waals surface area contributed by atoms with Gasteiger partial charge >= 0.3 is 0 Å². The molecule has 0 saturated heterocycles. The van der Waals surface area contributed by atoms with E-state index in [1.165, 1.54) is 35.2 Å². The van der Waals surface area contributed by atoms with E-state index in [0.29, 0.717) is 21.9 Å². The van der Waals surface area contributed by atoms with E-state index in [0.717, 1.165) is 5.56 Å². The first-order chi connectivity index (χ1) is 12.9. The Morgan fingerprint density at radius 1 is 1.33 bits per heavy atom. The molecule has 1 amide bonds. The molecule has 0 saturated carbocycles. The molecule has 5 nitrogen and oxygen atoms in total. The molecule has 0 bridgehead atoms. The molecule has 0 aliphatic rings. The minimum absolute atomic E-state index is 0.0690. The highest BCUT2D eigenvalue weighted by Crippen LogP contribution is 2.23. The van der Waals surface area contributed by atoms with E-state index >= 15 is 0 Å². The number of amides is 1. The number of nitrogens with zero attached hydrogens (tertiary/aromatic N) is 3. The van der Waals surface area contributed by atoms with Crippen LogP contribution >= 0.6 is 23.1 Å². The highest BCUT2D eigenvalue weighted by molar-refractivity contribution is 7.99. The maximum atomic E-state index is 13.1. The number of aromatic nitrogens is 2. The van der Waals surface area contributed by atoms with E-state index in [9.17, 15) is 14.0 Å². The van der Waals surface area contributed by atoms with Crippen LogP contribution in [0.25, 0.3) is 10.2 Å². The number of carbonyl (C=O) groups is 1. The molecule has 2 aromatic heterocycles. The van der Waals surface area contributed by atoms with Gasteiger partial charge in [-0.25, -0.2) is 9.37 Å². The summed E-state index contributed by atoms with van der Waals surface area (Å²) >= 11 is 2.64. The van der Waals surface area contributed by atoms with E-state index in [4.69, 9.17) is 0 Å². The topological polar surface area (TPSA) is 55.2 Å². The zero-order valence-corrected chi connectivity index (χ0v) is 16.9. The average Bonchev–Trinajstić information content (AvgIpc) is 3.14. The Bertz CT molecular complexity index is 1010. The van der Waals surface area contributed by atoms with Gasteiger partial charge in [0.25, 0.3) is 5.56 Å². The molecule has 0 radical (unpaired) electrons. The summed E-state index contributed by atoms with van der Waals surface area (Å²) < 4.78 is 15.3. The van der Waals surface area contributed by atoms with Crippen LogP contribution in [0.2, 0.25) is 0 Å². The number of thioether (sulfide) groups is 1. The lowest BCUT2D eigenvalue weighted by Gasteiger charge is -2.25.